The third-order valence-corrected chi connectivity index (χ3v) is 3.43. The highest BCUT2D eigenvalue weighted by molar-refractivity contribution is 5.74. The number of benzene rings is 1. The second-order valence-corrected chi connectivity index (χ2v) is 5.05. The van der Waals surface area contributed by atoms with E-state index in [1.54, 1.807) is 0 Å². The molecule has 2 aromatic rings. The lowest BCUT2D eigenvalue weighted by atomic mass is 10.2. The molecule has 19 heavy (non-hydrogen) atoms. The van der Waals surface area contributed by atoms with Crippen LogP contribution in [0.1, 0.15) is 17.1 Å². The Balaban J connectivity index is 1.96. The fraction of sp³-hybridized carbons (Fsp3) is 0.333. The van der Waals surface area contributed by atoms with Gasteiger partial charge < -0.3 is 9.80 Å². The van der Waals surface area contributed by atoms with Crippen LogP contribution in [0.5, 0.6) is 0 Å². The molecule has 1 aliphatic heterocycles. The molecule has 0 spiro atoms. The Morgan fingerprint density at radius 1 is 1.11 bits per heavy atom. The maximum Gasteiger partial charge on any atom is 0.157 e. The first kappa shape index (κ1) is 12.0. The van der Waals surface area contributed by atoms with E-state index in [0.29, 0.717) is 0 Å². The van der Waals surface area contributed by atoms with Crippen LogP contribution in [-0.4, -0.2) is 23.7 Å². The van der Waals surface area contributed by atoms with Crippen LogP contribution in [0.25, 0.3) is 0 Å². The fourth-order valence-corrected chi connectivity index (χ4v) is 2.65. The molecule has 98 valence electrons. The molecule has 0 fully saturated rings. The van der Waals surface area contributed by atoms with Crippen LogP contribution >= 0.6 is 0 Å². The van der Waals surface area contributed by atoms with Crippen molar-refractivity contribution in [2.45, 2.75) is 20.4 Å². The van der Waals surface area contributed by atoms with E-state index in [2.05, 4.69) is 58.0 Å². The minimum Gasteiger partial charge on any atom is -0.345 e. The monoisotopic (exact) mass is 254 g/mol. The maximum atomic E-state index is 4.56. The Kier molecular flexibility index (Phi) is 2.85. The molecule has 1 aromatic heterocycles. The third-order valence-electron chi connectivity index (χ3n) is 3.43. The van der Waals surface area contributed by atoms with Gasteiger partial charge in [-0.3, -0.25) is 0 Å². The van der Waals surface area contributed by atoms with E-state index in [4.69, 9.17) is 0 Å². The average molecular weight is 254 g/mol. The first-order valence-electron chi connectivity index (χ1n) is 6.50. The first-order valence-corrected chi connectivity index (χ1v) is 6.50. The number of hydrogen-bond donors (Lipinski definition) is 0. The van der Waals surface area contributed by atoms with Crippen LogP contribution in [0.2, 0.25) is 0 Å². The minimum absolute atomic E-state index is 0.838. The molecule has 0 unspecified atom stereocenters. The normalized spacial score (nSPS) is 13.8. The largest absolute Gasteiger partial charge is 0.345 e. The number of aromatic nitrogens is 2. The summed E-state index contributed by atoms with van der Waals surface area (Å²) in [6.07, 6.45) is 0. The number of anilines is 2. The molecule has 4 heteroatoms. The zero-order chi connectivity index (χ0) is 13.4. The van der Waals surface area contributed by atoms with E-state index >= 15 is 0 Å². The van der Waals surface area contributed by atoms with Gasteiger partial charge in [0.1, 0.15) is 11.5 Å². The van der Waals surface area contributed by atoms with Gasteiger partial charge in [-0.15, -0.1) is 0 Å². The van der Waals surface area contributed by atoms with E-state index < -0.39 is 0 Å². The number of hydrogen-bond acceptors (Lipinski definition) is 4. The van der Waals surface area contributed by atoms with Crippen LogP contribution in [0.4, 0.5) is 11.5 Å². The van der Waals surface area contributed by atoms with Gasteiger partial charge in [-0.1, -0.05) is 30.3 Å². The molecule has 0 saturated carbocycles. The lowest BCUT2D eigenvalue weighted by Crippen LogP contribution is -2.27. The number of fused-ring (bicyclic) bond motifs is 1. The fourth-order valence-electron chi connectivity index (χ4n) is 2.65. The first-order chi connectivity index (χ1) is 9.15. The molecular formula is C15H18N4. The van der Waals surface area contributed by atoms with Crippen LogP contribution in [0, 0.1) is 13.8 Å². The lowest BCUT2D eigenvalue weighted by molar-refractivity contribution is 0.812. The van der Waals surface area contributed by atoms with Gasteiger partial charge in [0.05, 0.1) is 12.4 Å². The Morgan fingerprint density at radius 2 is 1.84 bits per heavy atom. The second kappa shape index (κ2) is 4.53. The summed E-state index contributed by atoms with van der Waals surface area (Å²) in [4.78, 5) is 13.6. The van der Waals surface area contributed by atoms with Gasteiger partial charge in [-0.05, 0) is 19.4 Å². The SMILES string of the molecule is Cc1nc(C)c2c(n1)N(C)CN2Cc1ccccc1. The summed E-state index contributed by atoms with van der Waals surface area (Å²) >= 11 is 0. The third kappa shape index (κ3) is 2.14. The maximum absolute atomic E-state index is 4.56. The molecule has 0 radical (unpaired) electrons. The Bertz CT molecular complexity index is 595. The molecular weight excluding hydrogens is 236 g/mol. The number of nitrogens with zero attached hydrogens (tertiary/aromatic N) is 4. The van der Waals surface area contributed by atoms with Crippen LogP contribution in [0.3, 0.4) is 0 Å². The van der Waals surface area contributed by atoms with Crippen LogP contribution < -0.4 is 9.80 Å². The van der Waals surface area contributed by atoms with E-state index in [-0.39, 0.29) is 0 Å². The van der Waals surface area contributed by atoms with Crippen molar-refractivity contribution < 1.29 is 0 Å². The van der Waals surface area contributed by atoms with Gasteiger partial charge in [-0.25, -0.2) is 9.97 Å². The summed E-state index contributed by atoms with van der Waals surface area (Å²) in [6, 6.07) is 10.5. The van der Waals surface area contributed by atoms with Gasteiger partial charge >= 0.3 is 0 Å². The standard InChI is InChI=1S/C15H18N4/c1-11-14-15(17-12(2)16-11)18(3)10-19(14)9-13-7-5-4-6-8-13/h4-8H,9-10H2,1-3H3. The van der Waals surface area contributed by atoms with Crippen LogP contribution in [-0.2, 0) is 6.54 Å². The molecule has 0 amide bonds. The quantitative estimate of drug-likeness (QED) is 0.824. The number of aryl methyl sites for hydroxylation is 2. The highest BCUT2D eigenvalue weighted by atomic mass is 15.4. The van der Waals surface area contributed by atoms with Crippen molar-refractivity contribution in [3.63, 3.8) is 0 Å². The molecule has 0 N–H and O–H groups in total. The summed E-state index contributed by atoms with van der Waals surface area (Å²) in [5.41, 5.74) is 3.53. The summed E-state index contributed by atoms with van der Waals surface area (Å²) < 4.78 is 0. The van der Waals surface area contributed by atoms with Gasteiger partial charge in [-0.2, -0.15) is 0 Å². The molecule has 0 bridgehead atoms. The predicted octanol–water partition coefficient (Wildman–Crippen LogP) is 2.51. The van der Waals surface area contributed by atoms with Gasteiger partial charge in [0.25, 0.3) is 0 Å². The van der Waals surface area contributed by atoms with Crippen molar-refractivity contribution in [3.05, 3.63) is 47.4 Å². The van der Waals surface area contributed by atoms with Crippen molar-refractivity contribution in [2.24, 2.45) is 0 Å². The molecule has 0 aliphatic carbocycles. The predicted molar refractivity (Wildman–Crippen MR) is 77.4 cm³/mol. The van der Waals surface area contributed by atoms with Crippen LogP contribution in [0.15, 0.2) is 30.3 Å². The molecule has 0 atom stereocenters. The Morgan fingerprint density at radius 3 is 2.58 bits per heavy atom. The lowest BCUT2D eigenvalue weighted by Gasteiger charge is -2.19. The van der Waals surface area contributed by atoms with Crippen molar-refractivity contribution in [1.29, 1.82) is 0 Å². The second-order valence-electron chi connectivity index (χ2n) is 5.05. The van der Waals surface area contributed by atoms with Gasteiger partial charge in [0.2, 0.25) is 0 Å². The zero-order valence-electron chi connectivity index (χ0n) is 11.6. The highest BCUT2D eigenvalue weighted by Crippen LogP contribution is 2.36. The van der Waals surface area contributed by atoms with Gasteiger partial charge in [0, 0.05) is 13.6 Å². The van der Waals surface area contributed by atoms with E-state index in [1.165, 1.54) is 5.56 Å². The minimum atomic E-state index is 0.838. The number of rotatable bonds is 2. The topological polar surface area (TPSA) is 32.3 Å². The van der Waals surface area contributed by atoms with Crippen molar-refractivity contribution in [1.82, 2.24) is 9.97 Å². The Hall–Kier alpha value is -2.10. The molecule has 2 heterocycles. The Labute approximate surface area is 113 Å². The molecule has 4 nitrogen and oxygen atoms in total. The summed E-state index contributed by atoms with van der Waals surface area (Å²) in [5.74, 6) is 1.88. The van der Waals surface area contributed by atoms with Gasteiger partial charge in [0.15, 0.2) is 5.82 Å². The van der Waals surface area contributed by atoms with E-state index in [1.807, 2.05) is 13.0 Å². The molecule has 1 aromatic carbocycles. The zero-order valence-corrected chi connectivity index (χ0v) is 11.6. The summed E-state index contributed by atoms with van der Waals surface area (Å²) in [5, 5.41) is 0. The van der Waals surface area contributed by atoms with Crippen molar-refractivity contribution in [3.8, 4) is 0 Å². The molecule has 0 saturated heterocycles. The highest BCUT2D eigenvalue weighted by Gasteiger charge is 2.27. The van der Waals surface area contributed by atoms with Crippen molar-refractivity contribution in [2.75, 3.05) is 23.5 Å². The summed E-state index contributed by atoms with van der Waals surface area (Å²) in [6.45, 7) is 5.76. The van der Waals surface area contributed by atoms with Crippen molar-refractivity contribution >= 4 is 11.5 Å². The smallest absolute Gasteiger partial charge is 0.157 e. The van der Waals surface area contributed by atoms with E-state index in [0.717, 1.165) is 36.2 Å². The van der Waals surface area contributed by atoms with E-state index in [9.17, 15) is 0 Å². The molecule has 1 aliphatic rings. The molecule has 3 rings (SSSR count). The average Bonchev–Trinajstić information content (AvgIpc) is 2.67. The summed E-state index contributed by atoms with van der Waals surface area (Å²) in [7, 11) is 2.08.